The molecule has 3 nitrogen and oxygen atoms in total. The Morgan fingerprint density at radius 1 is 1.46 bits per heavy atom. The largest absolute Gasteiger partial charge is 0.380 e. The number of hydrogen-bond acceptors (Lipinski definition) is 3. The summed E-state index contributed by atoms with van der Waals surface area (Å²) in [6.45, 7) is 9.24. The molecule has 0 aromatic heterocycles. The van der Waals surface area contributed by atoms with Crippen molar-refractivity contribution in [3.8, 4) is 0 Å². The van der Waals surface area contributed by atoms with Crippen molar-refractivity contribution >= 4 is 0 Å². The van der Waals surface area contributed by atoms with Gasteiger partial charge in [0.2, 0.25) is 0 Å². The molecule has 0 aromatic rings. The van der Waals surface area contributed by atoms with Crippen LogP contribution in [0.3, 0.4) is 0 Å². The summed E-state index contributed by atoms with van der Waals surface area (Å²) in [6.07, 6.45) is 1.02. The van der Waals surface area contributed by atoms with E-state index in [1.54, 1.807) is 0 Å². The lowest BCUT2D eigenvalue weighted by Gasteiger charge is -2.42. The molecule has 0 saturated carbocycles. The Hall–Kier alpha value is -0.120. The number of hydrogen-bond donors (Lipinski definition) is 1. The minimum absolute atomic E-state index is 0.0300. The Labute approximate surface area is 80.6 Å². The zero-order valence-corrected chi connectivity index (χ0v) is 8.93. The molecule has 0 amide bonds. The van der Waals surface area contributed by atoms with E-state index in [4.69, 9.17) is 15.2 Å². The van der Waals surface area contributed by atoms with Crippen molar-refractivity contribution in [3.05, 3.63) is 0 Å². The fraction of sp³-hybridized carbons (Fsp3) is 1.00. The van der Waals surface area contributed by atoms with E-state index in [2.05, 4.69) is 20.8 Å². The lowest BCUT2D eigenvalue weighted by atomic mass is 9.87. The van der Waals surface area contributed by atoms with E-state index in [0.717, 1.165) is 26.2 Å². The van der Waals surface area contributed by atoms with Gasteiger partial charge in [-0.1, -0.05) is 6.92 Å². The molecule has 13 heavy (non-hydrogen) atoms. The van der Waals surface area contributed by atoms with Crippen LogP contribution in [-0.2, 0) is 9.47 Å². The van der Waals surface area contributed by atoms with Gasteiger partial charge in [0.1, 0.15) is 0 Å². The smallest absolute Gasteiger partial charge is 0.0624 e. The third kappa shape index (κ3) is 2.66. The Bertz CT molecular complexity index is 159. The Balaban J connectivity index is 2.32. The molecule has 0 radical (unpaired) electrons. The van der Waals surface area contributed by atoms with E-state index in [1.165, 1.54) is 0 Å². The Morgan fingerprint density at radius 2 is 2.08 bits per heavy atom. The van der Waals surface area contributed by atoms with Crippen molar-refractivity contribution in [2.24, 2.45) is 11.1 Å². The summed E-state index contributed by atoms with van der Waals surface area (Å²) in [5, 5.41) is 0. The summed E-state index contributed by atoms with van der Waals surface area (Å²) < 4.78 is 11.0. The maximum absolute atomic E-state index is 5.82. The van der Waals surface area contributed by atoms with Gasteiger partial charge in [0.25, 0.3) is 0 Å². The maximum Gasteiger partial charge on any atom is 0.0624 e. The third-order valence-corrected chi connectivity index (χ3v) is 2.87. The van der Waals surface area contributed by atoms with Gasteiger partial charge in [-0.2, -0.15) is 0 Å². The standard InChI is InChI=1S/C10H21NO2/c1-4-9(2,3)13-8-10(5-11)6-12-7-10/h4-8,11H2,1-3H3. The Kier molecular flexibility index (Phi) is 3.33. The van der Waals surface area contributed by atoms with Gasteiger partial charge in [0.15, 0.2) is 0 Å². The van der Waals surface area contributed by atoms with Gasteiger partial charge in [0.05, 0.1) is 30.8 Å². The van der Waals surface area contributed by atoms with Gasteiger partial charge >= 0.3 is 0 Å². The minimum atomic E-state index is -0.0300. The summed E-state index contributed by atoms with van der Waals surface area (Å²) >= 11 is 0. The average Bonchev–Trinajstić information content (AvgIpc) is 2.03. The van der Waals surface area contributed by atoms with Gasteiger partial charge in [-0.05, 0) is 20.3 Å². The lowest BCUT2D eigenvalue weighted by Crippen LogP contribution is -2.52. The van der Waals surface area contributed by atoms with Crippen molar-refractivity contribution in [1.29, 1.82) is 0 Å². The number of nitrogens with two attached hydrogens (primary N) is 1. The monoisotopic (exact) mass is 187 g/mol. The lowest BCUT2D eigenvalue weighted by molar-refractivity contribution is -0.168. The van der Waals surface area contributed by atoms with Gasteiger partial charge in [-0.3, -0.25) is 0 Å². The van der Waals surface area contributed by atoms with E-state index in [0.29, 0.717) is 6.54 Å². The summed E-state index contributed by atoms with van der Waals surface area (Å²) in [7, 11) is 0. The van der Waals surface area contributed by atoms with E-state index < -0.39 is 0 Å². The van der Waals surface area contributed by atoms with Crippen LogP contribution in [0.15, 0.2) is 0 Å². The molecule has 0 bridgehead atoms. The zero-order valence-electron chi connectivity index (χ0n) is 8.93. The first-order chi connectivity index (χ1) is 6.04. The molecule has 3 heteroatoms. The zero-order chi connectivity index (χ0) is 9.95. The molecule has 1 rings (SSSR count). The molecular weight excluding hydrogens is 166 g/mol. The summed E-state index contributed by atoms with van der Waals surface area (Å²) in [5.74, 6) is 0. The molecule has 0 spiro atoms. The molecule has 2 N–H and O–H groups in total. The fourth-order valence-electron chi connectivity index (χ4n) is 1.10. The molecule has 0 unspecified atom stereocenters. The predicted molar refractivity (Wildman–Crippen MR) is 52.6 cm³/mol. The van der Waals surface area contributed by atoms with Crippen LogP contribution >= 0.6 is 0 Å². The molecule has 1 fully saturated rings. The molecule has 78 valence electrons. The summed E-state index contributed by atoms with van der Waals surface area (Å²) in [5.41, 5.74) is 5.75. The van der Waals surface area contributed by atoms with Crippen molar-refractivity contribution in [2.75, 3.05) is 26.4 Å². The van der Waals surface area contributed by atoms with Crippen molar-refractivity contribution in [2.45, 2.75) is 32.8 Å². The fourth-order valence-corrected chi connectivity index (χ4v) is 1.10. The molecule has 1 heterocycles. The van der Waals surface area contributed by atoms with E-state index >= 15 is 0 Å². The van der Waals surface area contributed by atoms with Crippen LogP contribution in [-0.4, -0.2) is 32.0 Å². The second-order valence-electron chi connectivity index (χ2n) is 4.60. The predicted octanol–water partition coefficient (Wildman–Crippen LogP) is 1.17. The van der Waals surface area contributed by atoms with E-state index in [1.807, 2.05) is 0 Å². The number of rotatable bonds is 5. The third-order valence-electron chi connectivity index (χ3n) is 2.87. The van der Waals surface area contributed by atoms with Crippen LogP contribution in [0, 0.1) is 5.41 Å². The summed E-state index contributed by atoms with van der Waals surface area (Å²) in [4.78, 5) is 0. The highest BCUT2D eigenvalue weighted by Gasteiger charge is 2.38. The molecule has 1 aliphatic rings. The first-order valence-electron chi connectivity index (χ1n) is 4.95. The molecule has 0 aliphatic carbocycles. The van der Waals surface area contributed by atoms with Crippen molar-refractivity contribution in [1.82, 2.24) is 0 Å². The molecular formula is C10H21NO2. The van der Waals surface area contributed by atoms with Crippen LogP contribution in [0.1, 0.15) is 27.2 Å². The number of ether oxygens (including phenoxy) is 2. The van der Waals surface area contributed by atoms with Crippen LogP contribution in [0.2, 0.25) is 0 Å². The molecule has 1 aliphatic heterocycles. The Morgan fingerprint density at radius 3 is 2.38 bits per heavy atom. The van der Waals surface area contributed by atoms with Crippen LogP contribution in [0.5, 0.6) is 0 Å². The molecule has 0 atom stereocenters. The normalized spacial score (nSPS) is 21.2. The molecule has 1 saturated heterocycles. The molecule has 0 aromatic carbocycles. The SMILES string of the molecule is CCC(C)(C)OCC1(CN)COC1. The quantitative estimate of drug-likeness (QED) is 0.702. The van der Waals surface area contributed by atoms with Crippen molar-refractivity contribution < 1.29 is 9.47 Å². The van der Waals surface area contributed by atoms with Crippen LogP contribution in [0.4, 0.5) is 0 Å². The van der Waals surface area contributed by atoms with Gasteiger partial charge in [-0.25, -0.2) is 0 Å². The highest BCUT2D eigenvalue weighted by atomic mass is 16.5. The maximum atomic E-state index is 5.82. The first kappa shape index (κ1) is 11.0. The van der Waals surface area contributed by atoms with Crippen LogP contribution in [0.25, 0.3) is 0 Å². The highest BCUT2D eigenvalue weighted by molar-refractivity contribution is 4.87. The van der Waals surface area contributed by atoms with Gasteiger partial charge in [0, 0.05) is 6.54 Å². The topological polar surface area (TPSA) is 44.5 Å². The van der Waals surface area contributed by atoms with Crippen molar-refractivity contribution in [3.63, 3.8) is 0 Å². The van der Waals surface area contributed by atoms with E-state index in [9.17, 15) is 0 Å². The average molecular weight is 187 g/mol. The second-order valence-corrected chi connectivity index (χ2v) is 4.60. The first-order valence-corrected chi connectivity index (χ1v) is 4.95. The van der Waals surface area contributed by atoms with Gasteiger partial charge in [-0.15, -0.1) is 0 Å². The van der Waals surface area contributed by atoms with Gasteiger partial charge < -0.3 is 15.2 Å². The minimum Gasteiger partial charge on any atom is -0.380 e. The van der Waals surface area contributed by atoms with Crippen LogP contribution < -0.4 is 5.73 Å². The van der Waals surface area contributed by atoms with E-state index in [-0.39, 0.29) is 11.0 Å². The highest BCUT2D eigenvalue weighted by Crippen LogP contribution is 2.28. The second kappa shape index (κ2) is 3.95. The summed E-state index contributed by atoms with van der Waals surface area (Å²) in [6, 6.07) is 0.